The van der Waals surface area contributed by atoms with Crippen molar-refractivity contribution in [1.82, 2.24) is 13.9 Å². The molecule has 2 spiro atoms. The minimum absolute atomic E-state index is 0.0725. The second kappa shape index (κ2) is 7.74. The van der Waals surface area contributed by atoms with Gasteiger partial charge >= 0.3 is 17.3 Å². The Morgan fingerprint density at radius 1 is 1.00 bits per heavy atom. The number of fused-ring (bicyclic) bond motifs is 1. The summed E-state index contributed by atoms with van der Waals surface area (Å²) in [4.78, 5) is 40.8. The first-order valence-corrected chi connectivity index (χ1v) is 14.3. The number of hydrogen-bond acceptors (Lipinski definition) is 5. The molecule has 0 amide bonds. The molecule has 1 aromatic heterocycles. The van der Waals surface area contributed by atoms with Gasteiger partial charge in [-0.15, -0.1) is 0 Å². The van der Waals surface area contributed by atoms with Crippen LogP contribution in [0.3, 0.4) is 0 Å². The number of hydrogen-bond donors (Lipinski definition) is 1. The molecule has 0 unspecified atom stereocenters. The van der Waals surface area contributed by atoms with E-state index in [2.05, 4.69) is 32.1 Å². The molecule has 1 N–H and O–H groups in total. The maximum atomic E-state index is 14.5. The van der Waals surface area contributed by atoms with Gasteiger partial charge in [-0.05, 0) is 62.0 Å². The van der Waals surface area contributed by atoms with Gasteiger partial charge in [0, 0.05) is 24.7 Å². The van der Waals surface area contributed by atoms with E-state index >= 15 is 0 Å². The van der Waals surface area contributed by atoms with E-state index in [-0.39, 0.29) is 46.6 Å². The zero-order valence-electron chi connectivity index (χ0n) is 23.0. The van der Waals surface area contributed by atoms with Gasteiger partial charge in [-0.1, -0.05) is 56.4 Å². The van der Waals surface area contributed by atoms with Crippen molar-refractivity contribution in [3.8, 4) is 5.69 Å². The Hall–Kier alpha value is -3.13. The van der Waals surface area contributed by atoms with Gasteiger partial charge in [0.05, 0.1) is 22.9 Å². The molecular weight excluding hydrogens is 494 g/mol. The molecule has 8 rings (SSSR count). The highest BCUT2D eigenvalue weighted by Crippen LogP contribution is 2.72. The van der Waals surface area contributed by atoms with Crippen LogP contribution in [0, 0.1) is 28.6 Å². The van der Waals surface area contributed by atoms with Gasteiger partial charge in [-0.3, -0.25) is 4.79 Å². The molecule has 9 atom stereocenters. The van der Waals surface area contributed by atoms with E-state index < -0.39 is 22.6 Å². The Morgan fingerprint density at radius 2 is 1.72 bits per heavy atom. The number of allylic oxidation sites excluding steroid dienone is 3. The lowest BCUT2D eigenvalue weighted by molar-refractivity contribution is -0.174. The van der Waals surface area contributed by atoms with Gasteiger partial charge in [0.25, 0.3) is 0 Å². The predicted molar refractivity (Wildman–Crippen MR) is 146 cm³/mol. The smallest absolute Gasteiger partial charge is 0.352 e. The summed E-state index contributed by atoms with van der Waals surface area (Å²) in [6, 6.07) is 9.13. The van der Waals surface area contributed by atoms with Crippen molar-refractivity contribution in [3.63, 3.8) is 0 Å². The average Bonchev–Trinajstić information content (AvgIpc) is 3.39. The quantitative estimate of drug-likeness (QED) is 0.483. The van der Waals surface area contributed by atoms with Crippen molar-refractivity contribution in [3.05, 3.63) is 75.6 Å². The monoisotopic (exact) mass is 531 g/mol. The lowest BCUT2D eigenvalue weighted by atomic mass is 9.41. The molecule has 2 saturated carbocycles. The number of para-hydroxylation sites is 1. The van der Waals surface area contributed by atoms with E-state index in [0.717, 1.165) is 25.7 Å². The minimum Gasteiger partial charge on any atom is -0.463 e. The summed E-state index contributed by atoms with van der Waals surface area (Å²) in [5.74, 6) is 0.0360. The van der Waals surface area contributed by atoms with Crippen molar-refractivity contribution >= 4 is 5.97 Å². The van der Waals surface area contributed by atoms with Crippen LogP contribution in [-0.4, -0.2) is 37.2 Å². The molecule has 2 fully saturated rings. The van der Waals surface area contributed by atoms with Crippen LogP contribution in [0.5, 0.6) is 0 Å². The summed E-state index contributed by atoms with van der Waals surface area (Å²) < 4.78 is 10.5. The number of nitrogens with zero attached hydrogens (tertiary/aromatic N) is 3. The number of rotatable bonds is 3. The van der Waals surface area contributed by atoms with Crippen molar-refractivity contribution in [2.45, 2.75) is 83.1 Å². The fraction of sp³-hybridized carbons (Fsp3) is 0.581. The highest BCUT2D eigenvalue weighted by atomic mass is 16.5. The lowest BCUT2D eigenvalue weighted by Crippen LogP contribution is -2.75. The van der Waals surface area contributed by atoms with E-state index in [1.165, 1.54) is 11.5 Å². The summed E-state index contributed by atoms with van der Waals surface area (Å²) in [5, 5.41) is 10.9. The zero-order chi connectivity index (χ0) is 27.5. The van der Waals surface area contributed by atoms with Crippen molar-refractivity contribution in [1.29, 1.82) is 0 Å². The summed E-state index contributed by atoms with van der Waals surface area (Å²) in [6.07, 6.45) is 11.4. The molecule has 2 aliphatic heterocycles. The molecule has 8 nitrogen and oxygen atoms in total. The summed E-state index contributed by atoms with van der Waals surface area (Å²) >= 11 is 0. The molecule has 0 radical (unpaired) electrons. The van der Waals surface area contributed by atoms with Gasteiger partial charge < -0.3 is 9.84 Å². The Balaban J connectivity index is 1.52. The van der Waals surface area contributed by atoms with Crippen molar-refractivity contribution in [2.24, 2.45) is 28.6 Å². The number of benzene rings is 1. The van der Waals surface area contributed by atoms with Crippen LogP contribution in [0.2, 0.25) is 0 Å². The minimum atomic E-state index is -0.847. The van der Waals surface area contributed by atoms with Crippen molar-refractivity contribution in [2.75, 3.05) is 0 Å². The zero-order valence-corrected chi connectivity index (χ0v) is 23.0. The third-order valence-electron chi connectivity index (χ3n) is 11.6. The van der Waals surface area contributed by atoms with Gasteiger partial charge in [-0.25, -0.2) is 23.5 Å². The molecule has 0 saturated heterocycles. The molecule has 2 bridgehead atoms. The third kappa shape index (κ3) is 2.76. The Morgan fingerprint density at radius 3 is 2.44 bits per heavy atom. The molecule has 3 heterocycles. The highest BCUT2D eigenvalue weighted by Gasteiger charge is 2.74. The normalized spacial score (nSPS) is 41.9. The molecule has 39 heavy (non-hydrogen) atoms. The van der Waals surface area contributed by atoms with Gasteiger partial charge in [0.2, 0.25) is 0 Å². The molecular formula is C31H37N3O5. The van der Waals surface area contributed by atoms with Crippen LogP contribution < -0.4 is 11.4 Å². The Bertz CT molecular complexity index is 1550. The first-order valence-electron chi connectivity index (χ1n) is 14.3. The SMILES string of the molecule is CC(=O)O[C@H](C)[C@H]1CC[C@@H]2[C@]1(C)CC[C@H]1[C@]23C=C[C@]2(C[C@@H](O)C=C[C@]12C)n1c(=O)n(-c2ccccc2)c(=O)n13. The fourth-order valence-electron chi connectivity index (χ4n) is 10.1. The number of carbonyl (C=O) groups is 1. The molecule has 1 aromatic carbocycles. The Labute approximate surface area is 227 Å². The number of ether oxygens (including phenoxy) is 1. The first-order chi connectivity index (χ1) is 18.5. The van der Waals surface area contributed by atoms with Crippen LogP contribution in [0.4, 0.5) is 0 Å². The van der Waals surface area contributed by atoms with Crippen LogP contribution in [0.15, 0.2) is 64.2 Å². The predicted octanol–water partition coefficient (Wildman–Crippen LogP) is 3.50. The third-order valence-corrected chi connectivity index (χ3v) is 11.6. The highest BCUT2D eigenvalue weighted by molar-refractivity contribution is 5.66. The van der Waals surface area contributed by atoms with E-state index in [4.69, 9.17) is 4.74 Å². The maximum absolute atomic E-state index is 14.5. The maximum Gasteiger partial charge on any atom is 0.352 e. The largest absolute Gasteiger partial charge is 0.463 e. The first kappa shape index (κ1) is 24.9. The van der Waals surface area contributed by atoms with E-state index in [9.17, 15) is 19.5 Å². The lowest BCUT2D eigenvalue weighted by Gasteiger charge is -2.70. The number of carbonyl (C=O) groups excluding carboxylic acids is 1. The van der Waals surface area contributed by atoms with Crippen molar-refractivity contribution < 1.29 is 14.6 Å². The second-order valence-electron chi connectivity index (χ2n) is 13.1. The van der Waals surface area contributed by atoms with E-state index in [0.29, 0.717) is 12.1 Å². The molecule has 4 aliphatic carbocycles. The van der Waals surface area contributed by atoms with Gasteiger partial charge in [0.15, 0.2) is 0 Å². The number of aliphatic hydroxyl groups excluding tert-OH is 1. The van der Waals surface area contributed by atoms with E-state index in [1.807, 2.05) is 31.2 Å². The second-order valence-corrected chi connectivity index (χ2v) is 13.1. The van der Waals surface area contributed by atoms with Gasteiger partial charge in [0.1, 0.15) is 6.10 Å². The number of aliphatic hydroxyl groups is 1. The van der Waals surface area contributed by atoms with Crippen LogP contribution in [0.1, 0.15) is 59.8 Å². The van der Waals surface area contributed by atoms with Crippen LogP contribution >= 0.6 is 0 Å². The number of aromatic nitrogens is 3. The standard InChI is InChI=1S/C31H37N3O5/c1-19(39-20(2)35)23-10-11-24-28(23,3)14-13-25-29(4)15-12-22(36)18-30(29)16-17-31(24,25)34-27(38)32(26(37)33(30)34)21-8-6-5-7-9-21/h5-9,12,15-17,19,22-25,36H,10-11,13-14,18H2,1-4H3/t19-,22+,23-,24-,25-,28-,29-,30-,31+/m1/s1. The average molecular weight is 532 g/mol. The van der Waals surface area contributed by atoms with Crippen LogP contribution in [0.25, 0.3) is 5.69 Å². The van der Waals surface area contributed by atoms with E-state index in [1.54, 1.807) is 21.5 Å². The molecule has 206 valence electrons. The molecule has 6 aliphatic rings. The summed E-state index contributed by atoms with van der Waals surface area (Å²) in [7, 11) is 0. The number of esters is 1. The molecule has 8 heteroatoms. The molecule has 2 aromatic rings. The summed E-state index contributed by atoms with van der Waals surface area (Å²) in [6.45, 7) is 7.97. The summed E-state index contributed by atoms with van der Waals surface area (Å²) in [5.41, 5.74) is -2.34. The van der Waals surface area contributed by atoms with Gasteiger partial charge in [-0.2, -0.15) is 0 Å². The Kier molecular flexibility index (Phi) is 4.94. The topological polar surface area (TPSA) is 95.5 Å². The van der Waals surface area contributed by atoms with Crippen LogP contribution in [-0.2, 0) is 20.6 Å². The fourth-order valence-corrected chi connectivity index (χ4v) is 10.1.